The van der Waals surface area contributed by atoms with Gasteiger partial charge in [0.1, 0.15) is 0 Å². The van der Waals surface area contributed by atoms with E-state index in [0.717, 1.165) is 18.9 Å². The lowest BCUT2D eigenvalue weighted by molar-refractivity contribution is 0.971. The zero-order chi connectivity index (χ0) is 10.3. The van der Waals surface area contributed by atoms with Gasteiger partial charge in [-0.25, -0.2) is 0 Å². The first-order chi connectivity index (χ1) is 7.38. The van der Waals surface area contributed by atoms with E-state index in [2.05, 4.69) is 23.6 Å². The zero-order valence-corrected chi connectivity index (χ0v) is 9.52. The Labute approximate surface area is 93.9 Å². The number of fused-ring (bicyclic) bond motifs is 1. The topological polar surface area (TPSA) is 26.0 Å². The molecule has 0 radical (unpaired) electrons. The van der Waals surface area contributed by atoms with Crippen LogP contribution in [0.4, 0.5) is 0 Å². The molecular weight excluding hydrogens is 202 g/mol. The summed E-state index contributed by atoms with van der Waals surface area (Å²) in [5.74, 6) is 0.860. The fourth-order valence-electron chi connectivity index (χ4n) is 2.13. The van der Waals surface area contributed by atoms with Gasteiger partial charge in [0.15, 0.2) is 0 Å². The first-order valence-corrected chi connectivity index (χ1v) is 6.46. The van der Waals surface area contributed by atoms with Crippen molar-refractivity contribution in [3.63, 3.8) is 0 Å². The predicted molar refractivity (Wildman–Crippen MR) is 66.6 cm³/mol. The Bertz CT molecular complexity index is 482. The van der Waals surface area contributed by atoms with Gasteiger partial charge in [-0.1, -0.05) is 12.1 Å². The number of benzene rings is 1. The first kappa shape index (κ1) is 9.37. The van der Waals surface area contributed by atoms with E-state index < -0.39 is 0 Å². The van der Waals surface area contributed by atoms with E-state index in [1.807, 2.05) is 11.3 Å². The number of hydrogen-bond acceptors (Lipinski definition) is 2. The Morgan fingerprint density at radius 1 is 1.33 bits per heavy atom. The van der Waals surface area contributed by atoms with Crippen molar-refractivity contribution in [1.82, 2.24) is 0 Å². The second kappa shape index (κ2) is 3.62. The van der Waals surface area contributed by atoms with Crippen molar-refractivity contribution in [2.75, 3.05) is 6.54 Å². The van der Waals surface area contributed by atoms with Crippen molar-refractivity contribution in [3.8, 4) is 0 Å². The van der Waals surface area contributed by atoms with Gasteiger partial charge in [-0.2, -0.15) is 0 Å². The summed E-state index contributed by atoms with van der Waals surface area (Å²) in [5.41, 5.74) is 8.52. The number of rotatable bonds is 3. The maximum absolute atomic E-state index is 5.57. The van der Waals surface area contributed by atoms with Gasteiger partial charge in [0.05, 0.1) is 0 Å². The summed E-state index contributed by atoms with van der Waals surface area (Å²) < 4.78 is 1.43. The van der Waals surface area contributed by atoms with Crippen LogP contribution in [0.2, 0.25) is 0 Å². The van der Waals surface area contributed by atoms with Crippen LogP contribution in [-0.4, -0.2) is 6.54 Å². The van der Waals surface area contributed by atoms with E-state index in [-0.39, 0.29) is 0 Å². The van der Waals surface area contributed by atoms with Crippen molar-refractivity contribution < 1.29 is 0 Å². The molecule has 1 saturated carbocycles. The van der Waals surface area contributed by atoms with Crippen molar-refractivity contribution >= 4 is 21.4 Å². The molecule has 1 nitrogen and oxygen atoms in total. The van der Waals surface area contributed by atoms with Crippen LogP contribution < -0.4 is 5.73 Å². The third-order valence-corrected chi connectivity index (χ3v) is 4.08. The summed E-state index contributed by atoms with van der Waals surface area (Å²) in [7, 11) is 0. The predicted octanol–water partition coefficient (Wildman–Crippen LogP) is 3.28. The van der Waals surface area contributed by atoms with E-state index >= 15 is 0 Å². The standard InChI is InChI=1S/C13H15NS/c14-6-5-9-1-4-11-12(10-2-3-10)8-15-13(11)7-9/h1,4,7-8,10H,2-3,5-6,14H2. The quantitative estimate of drug-likeness (QED) is 0.839. The zero-order valence-electron chi connectivity index (χ0n) is 8.70. The average molecular weight is 217 g/mol. The molecule has 0 saturated heterocycles. The molecule has 78 valence electrons. The van der Waals surface area contributed by atoms with Gasteiger partial charge in [-0.15, -0.1) is 11.3 Å². The molecule has 0 bridgehead atoms. The van der Waals surface area contributed by atoms with E-state index in [9.17, 15) is 0 Å². The normalized spacial score (nSPS) is 16.1. The molecule has 0 amide bonds. The number of hydrogen-bond donors (Lipinski definition) is 1. The molecule has 2 heteroatoms. The van der Waals surface area contributed by atoms with Gasteiger partial charge in [0, 0.05) is 4.70 Å². The molecule has 0 spiro atoms. The molecule has 15 heavy (non-hydrogen) atoms. The molecule has 0 atom stereocenters. The average Bonchev–Trinajstić information content (AvgIpc) is 3.00. The molecule has 1 aliphatic rings. The minimum atomic E-state index is 0.742. The van der Waals surface area contributed by atoms with Crippen LogP contribution in [0.5, 0.6) is 0 Å². The van der Waals surface area contributed by atoms with Crippen molar-refractivity contribution in [1.29, 1.82) is 0 Å². The van der Waals surface area contributed by atoms with Crippen molar-refractivity contribution in [3.05, 3.63) is 34.7 Å². The Morgan fingerprint density at radius 3 is 2.93 bits per heavy atom. The van der Waals surface area contributed by atoms with Crippen LogP contribution in [-0.2, 0) is 6.42 Å². The molecule has 1 fully saturated rings. The van der Waals surface area contributed by atoms with E-state index in [1.165, 1.54) is 28.5 Å². The van der Waals surface area contributed by atoms with Gasteiger partial charge in [0.25, 0.3) is 0 Å². The first-order valence-electron chi connectivity index (χ1n) is 5.58. The minimum Gasteiger partial charge on any atom is -0.330 e. The lowest BCUT2D eigenvalue weighted by Crippen LogP contribution is -2.02. The fourth-order valence-corrected chi connectivity index (χ4v) is 3.23. The van der Waals surface area contributed by atoms with Crippen molar-refractivity contribution in [2.45, 2.75) is 25.2 Å². The highest BCUT2D eigenvalue weighted by Crippen LogP contribution is 2.45. The summed E-state index contributed by atoms with van der Waals surface area (Å²) in [6, 6.07) is 6.82. The highest BCUT2D eigenvalue weighted by molar-refractivity contribution is 7.17. The monoisotopic (exact) mass is 217 g/mol. The van der Waals surface area contributed by atoms with Gasteiger partial charge in [-0.05, 0) is 59.7 Å². The van der Waals surface area contributed by atoms with Crippen molar-refractivity contribution in [2.24, 2.45) is 5.73 Å². The number of thiophene rings is 1. The van der Waals surface area contributed by atoms with Crippen LogP contribution in [0.15, 0.2) is 23.6 Å². The van der Waals surface area contributed by atoms with Crippen LogP contribution in [0.25, 0.3) is 10.1 Å². The van der Waals surface area contributed by atoms with E-state index in [4.69, 9.17) is 5.73 Å². The smallest absolute Gasteiger partial charge is 0.0348 e. The summed E-state index contributed by atoms with van der Waals surface area (Å²) >= 11 is 1.88. The number of nitrogens with two attached hydrogens (primary N) is 1. The van der Waals surface area contributed by atoms with Crippen LogP contribution in [0.1, 0.15) is 29.9 Å². The molecule has 0 unspecified atom stereocenters. The third kappa shape index (κ3) is 1.68. The molecule has 1 aromatic carbocycles. The molecule has 1 aromatic heterocycles. The largest absolute Gasteiger partial charge is 0.330 e. The second-order valence-corrected chi connectivity index (χ2v) is 5.25. The van der Waals surface area contributed by atoms with E-state index in [0.29, 0.717) is 0 Å². The SMILES string of the molecule is NCCc1ccc2c(C3CC3)csc2c1. The molecule has 2 aromatic rings. The molecule has 0 aliphatic heterocycles. The van der Waals surface area contributed by atoms with Crippen LogP contribution in [0.3, 0.4) is 0 Å². The second-order valence-electron chi connectivity index (χ2n) is 4.33. The Morgan fingerprint density at radius 2 is 2.20 bits per heavy atom. The lowest BCUT2D eigenvalue weighted by Gasteiger charge is -2.00. The van der Waals surface area contributed by atoms with Gasteiger partial charge in [0.2, 0.25) is 0 Å². The maximum atomic E-state index is 5.57. The van der Waals surface area contributed by atoms with Crippen LogP contribution >= 0.6 is 11.3 Å². The van der Waals surface area contributed by atoms with Crippen LogP contribution in [0, 0.1) is 0 Å². The Hall–Kier alpha value is -0.860. The summed E-state index contributed by atoms with van der Waals surface area (Å²) in [5, 5.41) is 3.82. The molecule has 1 aliphatic carbocycles. The highest BCUT2D eigenvalue weighted by atomic mass is 32.1. The Balaban J connectivity index is 2.05. The van der Waals surface area contributed by atoms with Gasteiger partial charge >= 0.3 is 0 Å². The third-order valence-electron chi connectivity index (χ3n) is 3.12. The van der Waals surface area contributed by atoms with Gasteiger partial charge in [-0.3, -0.25) is 0 Å². The lowest BCUT2D eigenvalue weighted by atomic mass is 10.1. The highest BCUT2D eigenvalue weighted by Gasteiger charge is 2.25. The molecule has 1 heterocycles. The van der Waals surface area contributed by atoms with E-state index in [1.54, 1.807) is 5.56 Å². The molecule has 2 N–H and O–H groups in total. The minimum absolute atomic E-state index is 0.742. The maximum Gasteiger partial charge on any atom is 0.0348 e. The Kier molecular flexibility index (Phi) is 2.26. The summed E-state index contributed by atoms with van der Waals surface area (Å²) in [6.45, 7) is 0.742. The van der Waals surface area contributed by atoms with Gasteiger partial charge < -0.3 is 5.73 Å². The fraction of sp³-hybridized carbons (Fsp3) is 0.385. The summed E-state index contributed by atoms with van der Waals surface area (Å²) in [4.78, 5) is 0. The molecule has 3 rings (SSSR count). The molecular formula is C13H15NS. The summed E-state index contributed by atoms with van der Waals surface area (Å²) in [6.07, 6.45) is 3.76.